The molecule has 4 nitrogen and oxygen atoms in total. The SMILES string of the molecule is CCCCOc1ccc(OC(=O)NCCCl)cc1. The van der Waals surface area contributed by atoms with E-state index in [1.807, 2.05) is 0 Å². The average molecular weight is 272 g/mol. The van der Waals surface area contributed by atoms with Crippen LogP contribution in [0.5, 0.6) is 11.5 Å². The highest BCUT2D eigenvalue weighted by molar-refractivity contribution is 6.18. The summed E-state index contributed by atoms with van der Waals surface area (Å²) in [4.78, 5) is 11.2. The van der Waals surface area contributed by atoms with E-state index < -0.39 is 6.09 Å². The highest BCUT2D eigenvalue weighted by Gasteiger charge is 2.03. The van der Waals surface area contributed by atoms with Gasteiger partial charge in [-0.15, -0.1) is 11.6 Å². The van der Waals surface area contributed by atoms with Gasteiger partial charge in [0, 0.05) is 12.4 Å². The zero-order valence-corrected chi connectivity index (χ0v) is 11.2. The van der Waals surface area contributed by atoms with Gasteiger partial charge in [0.2, 0.25) is 0 Å². The lowest BCUT2D eigenvalue weighted by Crippen LogP contribution is -2.28. The zero-order valence-electron chi connectivity index (χ0n) is 10.4. The standard InChI is InChI=1S/C13H18ClNO3/c1-2-3-10-17-11-4-6-12(7-5-11)18-13(16)15-9-8-14/h4-7H,2-3,8-10H2,1H3,(H,15,16). The van der Waals surface area contributed by atoms with Crippen molar-refractivity contribution in [2.45, 2.75) is 19.8 Å². The maximum absolute atomic E-state index is 11.2. The van der Waals surface area contributed by atoms with E-state index in [2.05, 4.69) is 12.2 Å². The predicted molar refractivity (Wildman–Crippen MR) is 71.6 cm³/mol. The number of ether oxygens (including phenoxy) is 2. The number of nitrogens with one attached hydrogen (secondary N) is 1. The van der Waals surface area contributed by atoms with Crippen molar-refractivity contribution in [2.24, 2.45) is 0 Å². The van der Waals surface area contributed by atoms with Gasteiger partial charge in [0.15, 0.2) is 0 Å². The Balaban J connectivity index is 2.37. The number of rotatable bonds is 7. The van der Waals surface area contributed by atoms with Crippen LogP contribution in [0, 0.1) is 0 Å². The zero-order chi connectivity index (χ0) is 13.2. The van der Waals surface area contributed by atoms with Crippen molar-refractivity contribution in [2.75, 3.05) is 19.0 Å². The van der Waals surface area contributed by atoms with Crippen molar-refractivity contribution >= 4 is 17.7 Å². The summed E-state index contributed by atoms with van der Waals surface area (Å²) in [6.07, 6.45) is 1.62. The van der Waals surface area contributed by atoms with E-state index in [-0.39, 0.29) is 0 Å². The molecule has 0 aliphatic rings. The third kappa shape index (κ3) is 5.77. The van der Waals surface area contributed by atoms with Crippen LogP contribution < -0.4 is 14.8 Å². The molecule has 1 aromatic rings. The number of alkyl halides is 1. The van der Waals surface area contributed by atoms with E-state index in [1.54, 1.807) is 24.3 Å². The quantitative estimate of drug-likeness (QED) is 0.612. The summed E-state index contributed by atoms with van der Waals surface area (Å²) in [5.74, 6) is 1.61. The van der Waals surface area contributed by atoms with Gasteiger partial charge in [-0.05, 0) is 30.7 Å². The molecule has 0 saturated carbocycles. The molecule has 0 aromatic heterocycles. The highest BCUT2D eigenvalue weighted by Crippen LogP contribution is 2.17. The van der Waals surface area contributed by atoms with E-state index in [0.717, 1.165) is 18.6 Å². The van der Waals surface area contributed by atoms with Crippen molar-refractivity contribution in [1.29, 1.82) is 0 Å². The number of carbonyl (C=O) groups is 1. The molecule has 0 atom stereocenters. The third-order valence-corrected chi connectivity index (χ3v) is 2.35. The Hall–Kier alpha value is -1.42. The van der Waals surface area contributed by atoms with E-state index >= 15 is 0 Å². The Labute approximate surface area is 112 Å². The first-order chi connectivity index (χ1) is 8.76. The van der Waals surface area contributed by atoms with Gasteiger partial charge in [-0.2, -0.15) is 0 Å². The third-order valence-electron chi connectivity index (χ3n) is 2.16. The number of hydrogen-bond donors (Lipinski definition) is 1. The number of benzene rings is 1. The van der Waals surface area contributed by atoms with Gasteiger partial charge < -0.3 is 14.8 Å². The van der Waals surface area contributed by atoms with E-state index in [9.17, 15) is 4.79 Å². The summed E-state index contributed by atoms with van der Waals surface area (Å²) in [7, 11) is 0. The maximum Gasteiger partial charge on any atom is 0.412 e. The molecule has 1 N–H and O–H groups in total. The van der Waals surface area contributed by atoms with Crippen molar-refractivity contribution in [1.82, 2.24) is 5.32 Å². The molecule has 100 valence electrons. The average Bonchev–Trinajstić information content (AvgIpc) is 2.39. The van der Waals surface area contributed by atoms with E-state index in [4.69, 9.17) is 21.1 Å². The normalized spacial score (nSPS) is 9.89. The summed E-state index contributed by atoms with van der Waals surface area (Å²) in [6, 6.07) is 6.95. The Morgan fingerprint density at radius 3 is 2.56 bits per heavy atom. The molecular formula is C13H18ClNO3. The molecule has 0 heterocycles. The van der Waals surface area contributed by atoms with E-state index in [1.165, 1.54) is 0 Å². The van der Waals surface area contributed by atoms with Crippen LogP contribution in [0.1, 0.15) is 19.8 Å². The first-order valence-electron chi connectivity index (χ1n) is 6.00. The van der Waals surface area contributed by atoms with Gasteiger partial charge in [0.25, 0.3) is 0 Å². The van der Waals surface area contributed by atoms with Crippen LogP contribution in [-0.4, -0.2) is 25.1 Å². The summed E-state index contributed by atoms with van der Waals surface area (Å²) >= 11 is 5.44. The second-order valence-corrected chi connectivity index (χ2v) is 4.06. The minimum atomic E-state index is -0.504. The van der Waals surface area contributed by atoms with Gasteiger partial charge in [0.1, 0.15) is 11.5 Å². The van der Waals surface area contributed by atoms with Crippen LogP contribution in [0.2, 0.25) is 0 Å². The fraction of sp³-hybridized carbons (Fsp3) is 0.462. The molecule has 1 amide bonds. The summed E-state index contributed by atoms with van der Waals surface area (Å²) < 4.78 is 10.5. The Bertz CT molecular complexity index is 354. The molecule has 0 fully saturated rings. The van der Waals surface area contributed by atoms with Crippen LogP contribution >= 0.6 is 11.6 Å². The number of halogens is 1. The van der Waals surface area contributed by atoms with Crippen molar-refractivity contribution in [3.8, 4) is 11.5 Å². The van der Waals surface area contributed by atoms with Gasteiger partial charge in [-0.25, -0.2) is 4.79 Å². The van der Waals surface area contributed by atoms with Gasteiger partial charge >= 0.3 is 6.09 Å². The molecule has 0 unspecified atom stereocenters. The molecule has 0 bridgehead atoms. The molecule has 0 saturated heterocycles. The number of amides is 1. The van der Waals surface area contributed by atoms with Crippen LogP contribution in [0.3, 0.4) is 0 Å². The monoisotopic (exact) mass is 271 g/mol. The molecular weight excluding hydrogens is 254 g/mol. The molecule has 0 radical (unpaired) electrons. The Morgan fingerprint density at radius 2 is 1.94 bits per heavy atom. The summed E-state index contributed by atoms with van der Waals surface area (Å²) in [5.41, 5.74) is 0. The van der Waals surface area contributed by atoms with Crippen LogP contribution in [0.4, 0.5) is 4.79 Å². The lowest BCUT2D eigenvalue weighted by atomic mass is 10.3. The van der Waals surface area contributed by atoms with Crippen LogP contribution in [0.25, 0.3) is 0 Å². The largest absolute Gasteiger partial charge is 0.494 e. The molecule has 0 aliphatic carbocycles. The Kier molecular flexibility index (Phi) is 7.03. The second kappa shape index (κ2) is 8.64. The second-order valence-electron chi connectivity index (χ2n) is 3.68. The molecule has 0 spiro atoms. The summed E-state index contributed by atoms with van der Waals surface area (Å²) in [6.45, 7) is 3.20. The fourth-order valence-electron chi connectivity index (χ4n) is 1.23. The topological polar surface area (TPSA) is 47.6 Å². The Morgan fingerprint density at radius 1 is 1.28 bits per heavy atom. The van der Waals surface area contributed by atoms with Gasteiger partial charge in [-0.3, -0.25) is 0 Å². The molecule has 1 aromatic carbocycles. The van der Waals surface area contributed by atoms with Crippen LogP contribution in [-0.2, 0) is 0 Å². The fourth-order valence-corrected chi connectivity index (χ4v) is 1.33. The maximum atomic E-state index is 11.2. The smallest absolute Gasteiger partial charge is 0.412 e. The highest BCUT2D eigenvalue weighted by atomic mass is 35.5. The van der Waals surface area contributed by atoms with Gasteiger partial charge in [0.05, 0.1) is 6.61 Å². The van der Waals surface area contributed by atoms with Crippen molar-refractivity contribution in [3.63, 3.8) is 0 Å². The predicted octanol–water partition coefficient (Wildman–Crippen LogP) is 3.19. The first-order valence-corrected chi connectivity index (χ1v) is 6.54. The summed E-state index contributed by atoms with van der Waals surface area (Å²) in [5, 5.41) is 2.51. The molecule has 0 aliphatic heterocycles. The number of unbranched alkanes of at least 4 members (excludes halogenated alkanes) is 1. The minimum Gasteiger partial charge on any atom is -0.494 e. The molecule has 5 heteroatoms. The number of hydrogen-bond acceptors (Lipinski definition) is 3. The van der Waals surface area contributed by atoms with Crippen molar-refractivity contribution in [3.05, 3.63) is 24.3 Å². The van der Waals surface area contributed by atoms with Gasteiger partial charge in [-0.1, -0.05) is 13.3 Å². The van der Waals surface area contributed by atoms with E-state index in [0.29, 0.717) is 24.8 Å². The minimum absolute atomic E-state index is 0.360. The first kappa shape index (κ1) is 14.6. The van der Waals surface area contributed by atoms with Crippen molar-refractivity contribution < 1.29 is 14.3 Å². The molecule has 18 heavy (non-hydrogen) atoms. The lowest BCUT2D eigenvalue weighted by molar-refractivity contribution is 0.201. The van der Waals surface area contributed by atoms with Crippen LogP contribution in [0.15, 0.2) is 24.3 Å². The lowest BCUT2D eigenvalue weighted by Gasteiger charge is -2.07. The molecule has 1 rings (SSSR count). The number of carbonyl (C=O) groups excluding carboxylic acids is 1.